The number of amides is 1. The molecule has 0 aliphatic heterocycles. The van der Waals surface area contributed by atoms with Gasteiger partial charge < -0.3 is 41.7 Å². The topological polar surface area (TPSA) is 162 Å². The summed E-state index contributed by atoms with van der Waals surface area (Å²) < 4.78 is 16.4. The number of hydrogen-bond donors (Lipinski definition) is 5. The third kappa shape index (κ3) is 10.6. The van der Waals surface area contributed by atoms with E-state index in [9.17, 15) is 9.59 Å². The molecule has 0 aromatic heterocycles. The van der Waals surface area contributed by atoms with Crippen LogP contribution in [0.15, 0.2) is 29.5 Å². The van der Waals surface area contributed by atoms with Crippen LogP contribution in [0.2, 0.25) is 0 Å². The largest absolute Gasteiger partial charge is 0.384 e. The standard InChI is InChI=1S/C27H43N5O5/c1-19(29)25-23(17-27(2,3)18-24(25)33)32-20-6-7-21(26(30)34)22(16-20)31-9-5-11-36-13-15-37-14-12-35-10-4-8-28/h6-7,16,29,31-32H,4-5,8-15,17-18,28H2,1-3H3,(H2,30,34). The molecule has 7 N–H and O–H groups in total. The van der Waals surface area contributed by atoms with Crippen LogP contribution in [0, 0.1) is 10.8 Å². The van der Waals surface area contributed by atoms with Crippen LogP contribution in [0.5, 0.6) is 0 Å². The molecule has 0 radical (unpaired) electrons. The molecule has 206 valence electrons. The summed E-state index contributed by atoms with van der Waals surface area (Å²) in [7, 11) is 0. The highest BCUT2D eigenvalue weighted by Gasteiger charge is 2.33. The molecular formula is C27H43N5O5. The van der Waals surface area contributed by atoms with Gasteiger partial charge in [-0.05, 0) is 56.3 Å². The summed E-state index contributed by atoms with van der Waals surface area (Å²) in [4.78, 5) is 24.6. The van der Waals surface area contributed by atoms with E-state index in [1.165, 1.54) is 0 Å². The maximum absolute atomic E-state index is 12.7. The number of benzene rings is 1. The third-order valence-electron chi connectivity index (χ3n) is 5.85. The van der Waals surface area contributed by atoms with Crippen molar-refractivity contribution in [3.63, 3.8) is 0 Å². The lowest BCUT2D eigenvalue weighted by Gasteiger charge is -2.32. The minimum Gasteiger partial charge on any atom is -0.384 e. The molecule has 37 heavy (non-hydrogen) atoms. The van der Waals surface area contributed by atoms with Crippen LogP contribution in [-0.4, -0.2) is 70.1 Å². The van der Waals surface area contributed by atoms with Gasteiger partial charge in [-0.3, -0.25) is 9.59 Å². The van der Waals surface area contributed by atoms with E-state index in [1.54, 1.807) is 25.1 Å². The van der Waals surface area contributed by atoms with Crippen molar-refractivity contribution in [2.45, 2.75) is 46.5 Å². The number of allylic oxidation sites excluding steroid dienone is 2. The predicted molar refractivity (Wildman–Crippen MR) is 146 cm³/mol. The van der Waals surface area contributed by atoms with Gasteiger partial charge in [0.05, 0.1) is 37.6 Å². The first-order valence-corrected chi connectivity index (χ1v) is 12.8. The Balaban J connectivity index is 1.86. The smallest absolute Gasteiger partial charge is 0.250 e. The molecule has 1 aliphatic rings. The van der Waals surface area contributed by atoms with Gasteiger partial charge in [-0.2, -0.15) is 0 Å². The number of anilines is 2. The van der Waals surface area contributed by atoms with Crippen molar-refractivity contribution in [3.05, 3.63) is 35.0 Å². The molecule has 1 aromatic rings. The lowest BCUT2D eigenvalue weighted by atomic mass is 9.75. The lowest BCUT2D eigenvalue weighted by molar-refractivity contribution is -0.117. The monoisotopic (exact) mass is 517 g/mol. The van der Waals surface area contributed by atoms with Gasteiger partial charge in [-0.25, -0.2) is 0 Å². The second kappa shape index (κ2) is 15.5. The number of Topliss-reactive ketones (excluding diaryl/α,β-unsaturated/α-hetero) is 1. The average Bonchev–Trinajstić information content (AvgIpc) is 2.80. The maximum Gasteiger partial charge on any atom is 0.250 e. The minimum absolute atomic E-state index is 0.0281. The molecule has 0 spiro atoms. The van der Waals surface area contributed by atoms with E-state index in [4.69, 9.17) is 31.1 Å². The fourth-order valence-electron chi connectivity index (χ4n) is 4.14. The van der Waals surface area contributed by atoms with Crippen molar-refractivity contribution in [1.82, 2.24) is 0 Å². The van der Waals surface area contributed by atoms with Gasteiger partial charge in [0.1, 0.15) is 0 Å². The summed E-state index contributed by atoms with van der Waals surface area (Å²) >= 11 is 0. The third-order valence-corrected chi connectivity index (χ3v) is 5.85. The Kier molecular flexibility index (Phi) is 12.7. The van der Waals surface area contributed by atoms with Crippen LogP contribution < -0.4 is 22.1 Å². The quantitative estimate of drug-likeness (QED) is 0.147. The number of ketones is 1. The molecule has 0 atom stereocenters. The van der Waals surface area contributed by atoms with E-state index < -0.39 is 5.91 Å². The van der Waals surface area contributed by atoms with E-state index in [2.05, 4.69) is 10.6 Å². The first kappa shape index (κ1) is 30.4. The molecule has 0 heterocycles. The first-order chi connectivity index (χ1) is 17.6. The van der Waals surface area contributed by atoms with Crippen molar-refractivity contribution in [3.8, 4) is 0 Å². The van der Waals surface area contributed by atoms with E-state index in [0.29, 0.717) is 88.1 Å². The maximum atomic E-state index is 12.7. The molecule has 1 aromatic carbocycles. The number of rotatable bonds is 18. The summed E-state index contributed by atoms with van der Waals surface area (Å²) in [5, 5.41) is 14.7. The van der Waals surface area contributed by atoms with Crippen LogP contribution >= 0.6 is 0 Å². The normalized spacial score (nSPS) is 15.1. The van der Waals surface area contributed by atoms with Crippen molar-refractivity contribution >= 4 is 28.8 Å². The van der Waals surface area contributed by atoms with Crippen molar-refractivity contribution in [2.24, 2.45) is 16.9 Å². The van der Waals surface area contributed by atoms with Gasteiger partial charge in [0.15, 0.2) is 5.78 Å². The summed E-state index contributed by atoms with van der Waals surface area (Å²) in [6.07, 6.45) is 2.63. The average molecular weight is 518 g/mol. The van der Waals surface area contributed by atoms with Crippen LogP contribution in [0.3, 0.4) is 0 Å². The highest BCUT2D eigenvalue weighted by molar-refractivity contribution is 6.22. The number of ether oxygens (including phenoxy) is 3. The van der Waals surface area contributed by atoms with Gasteiger partial charge in [-0.15, -0.1) is 0 Å². The second-order valence-corrected chi connectivity index (χ2v) is 9.93. The van der Waals surface area contributed by atoms with Gasteiger partial charge in [-0.1, -0.05) is 13.8 Å². The summed E-state index contributed by atoms with van der Waals surface area (Å²) in [5.41, 5.74) is 13.9. The number of nitrogens with two attached hydrogens (primary N) is 2. The van der Waals surface area contributed by atoms with Crippen LogP contribution in [-0.2, 0) is 19.0 Å². The molecule has 1 aliphatic carbocycles. The molecular weight excluding hydrogens is 474 g/mol. The van der Waals surface area contributed by atoms with E-state index >= 15 is 0 Å². The van der Waals surface area contributed by atoms with E-state index in [1.807, 2.05) is 13.8 Å². The number of carbonyl (C=O) groups excluding carboxylic acids is 2. The number of carbonyl (C=O) groups is 2. The summed E-state index contributed by atoms with van der Waals surface area (Å²) in [5.74, 6) is -0.557. The molecule has 0 bridgehead atoms. The lowest BCUT2D eigenvalue weighted by Crippen LogP contribution is -2.30. The highest BCUT2D eigenvalue weighted by atomic mass is 16.5. The zero-order valence-corrected chi connectivity index (χ0v) is 22.4. The SMILES string of the molecule is CC(=N)C1=C(Nc2ccc(C(N)=O)c(NCCCOCCOCCOCCCN)c2)CC(C)(C)CC1=O. The van der Waals surface area contributed by atoms with Crippen molar-refractivity contribution in [2.75, 3.05) is 63.4 Å². The van der Waals surface area contributed by atoms with E-state index in [0.717, 1.165) is 18.5 Å². The molecule has 0 saturated carbocycles. The molecule has 0 fully saturated rings. The Bertz CT molecular complexity index is 961. The van der Waals surface area contributed by atoms with Gasteiger partial charge >= 0.3 is 0 Å². The molecule has 10 nitrogen and oxygen atoms in total. The number of nitrogens with one attached hydrogen (secondary N) is 3. The Morgan fingerprint density at radius 1 is 1.03 bits per heavy atom. The zero-order valence-electron chi connectivity index (χ0n) is 22.4. The van der Waals surface area contributed by atoms with Crippen LogP contribution in [0.4, 0.5) is 11.4 Å². The Morgan fingerprint density at radius 2 is 1.65 bits per heavy atom. The highest BCUT2D eigenvalue weighted by Crippen LogP contribution is 2.38. The van der Waals surface area contributed by atoms with Crippen LogP contribution in [0.1, 0.15) is 56.8 Å². The Labute approximate surface area is 220 Å². The molecule has 10 heteroatoms. The fourth-order valence-corrected chi connectivity index (χ4v) is 4.14. The van der Waals surface area contributed by atoms with Crippen LogP contribution in [0.25, 0.3) is 0 Å². The summed E-state index contributed by atoms with van der Waals surface area (Å²) in [6, 6.07) is 5.22. The number of primary amides is 1. The van der Waals surface area contributed by atoms with Gasteiger partial charge in [0, 0.05) is 49.0 Å². The zero-order chi connectivity index (χ0) is 27.3. The van der Waals surface area contributed by atoms with Crippen molar-refractivity contribution in [1.29, 1.82) is 5.41 Å². The summed E-state index contributed by atoms with van der Waals surface area (Å²) in [6.45, 7) is 10.2. The number of hydrogen-bond acceptors (Lipinski definition) is 9. The second-order valence-electron chi connectivity index (χ2n) is 9.93. The molecule has 1 amide bonds. The Hall–Kier alpha value is -2.79. The van der Waals surface area contributed by atoms with E-state index in [-0.39, 0.29) is 16.9 Å². The molecule has 0 unspecified atom stereocenters. The van der Waals surface area contributed by atoms with Gasteiger partial charge in [0.2, 0.25) is 0 Å². The van der Waals surface area contributed by atoms with Crippen molar-refractivity contribution < 1.29 is 23.8 Å². The minimum atomic E-state index is -0.529. The first-order valence-electron chi connectivity index (χ1n) is 12.8. The molecule has 2 rings (SSSR count). The predicted octanol–water partition coefficient (Wildman–Crippen LogP) is 3.08. The fraction of sp³-hybridized carbons (Fsp3) is 0.593. The Morgan fingerprint density at radius 3 is 2.24 bits per heavy atom. The molecule has 0 saturated heterocycles. The van der Waals surface area contributed by atoms with Gasteiger partial charge in [0.25, 0.3) is 5.91 Å².